The molecule has 0 spiro atoms. The quantitative estimate of drug-likeness (QED) is 0.471. The van der Waals surface area contributed by atoms with E-state index in [4.69, 9.17) is 10.2 Å². The Hall–Kier alpha value is -3.61. The molecule has 0 amide bonds. The van der Waals surface area contributed by atoms with Crippen LogP contribution in [-0.4, -0.2) is 56.8 Å². The van der Waals surface area contributed by atoms with Gasteiger partial charge in [-0.1, -0.05) is 20.3 Å². The lowest BCUT2D eigenvalue weighted by molar-refractivity contribution is -0.0906. The van der Waals surface area contributed by atoms with E-state index >= 15 is 0 Å². The molecule has 2 fully saturated rings. The average Bonchev–Trinajstić information content (AvgIpc) is 3.33. The van der Waals surface area contributed by atoms with Gasteiger partial charge in [0.1, 0.15) is 0 Å². The molecule has 5 rings (SSSR count). The van der Waals surface area contributed by atoms with Gasteiger partial charge in [-0.3, -0.25) is 4.57 Å². The van der Waals surface area contributed by atoms with Crippen LogP contribution in [0.4, 0.5) is 20.7 Å². The molecular weight excluding hydrogens is 474 g/mol. The second-order valence-corrected chi connectivity index (χ2v) is 10.2. The summed E-state index contributed by atoms with van der Waals surface area (Å²) in [5.74, 6) is -1.28. The van der Waals surface area contributed by atoms with Gasteiger partial charge < -0.3 is 9.80 Å². The first-order valence-corrected chi connectivity index (χ1v) is 13.0. The number of hydrogen-bond donors (Lipinski definition) is 0. The summed E-state index contributed by atoms with van der Waals surface area (Å²) in [6, 6.07) is 11.1. The highest BCUT2D eigenvalue weighted by Gasteiger charge is 2.42. The van der Waals surface area contributed by atoms with E-state index in [2.05, 4.69) is 44.9 Å². The van der Waals surface area contributed by atoms with E-state index in [1.807, 2.05) is 10.6 Å². The standard InChI is InChI=1S/C27H32F2N8/c1-19(2)23-10-12-31-25(32-23)35-13-15-36(16-14-35)26-34-33-24(21-8-6-20(17-30)7-9-21)37(26)18-22-5-3-4-11-27(22,28)29/h6-10,12,19,22H,3-5,11,13-16,18H2,1-2H3. The third-order valence-corrected chi connectivity index (χ3v) is 7.42. The first-order chi connectivity index (χ1) is 17.9. The second-order valence-electron chi connectivity index (χ2n) is 10.2. The van der Waals surface area contributed by atoms with Crippen LogP contribution in [0.5, 0.6) is 0 Å². The Morgan fingerprint density at radius 1 is 1.03 bits per heavy atom. The lowest BCUT2D eigenvalue weighted by Gasteiger charge is -2.36. The predicted molar refractivity (Wildman–Crippen MR) is 138 cm³/mol. The van der Waals surface area contributed by atoms with E-state index in [-0.39, 0.29) is 13.0 Å². The first kappa shape index (κ1) is 25.1. The predicted octanol–water partition coefficient (Wildman–Crippen LogP) is 4.88. The molecule has 2 aromatic heterocycles. The van der Waals surface area contributed by atoms with E-state index in [1.165, 1.54) is 0 Å². The minimum Gasteiger partial charge on any atom is -0.337 e. The summed E-state index contributed by atoms with van der Waals surface area (Å²) in [7, 11) is 0. The van der Waals surface area contributed by atoms with E-state index in [1.54, 1.807) is 30.5 Å². The van der Waals surface area contributed by atoms with Crippen molar-refractivity contribution in [1.82, 2.24) is 24.7 Å². The Bertz CT molecular complexity index is 1260. The molecule has 3 aromatic rings. The first-order valence-electron chi connectivity index (χ1n) is 13.0. The fraction of sp³-hybridized carbons (Fsp3) is 0.519. The van der Waals surface area contributed by atoms with Crippen molar-refractivity contribution >= 4 is 11.9 Å². The van der Waals surface area contributed by atoms with Gasteiger partial charge in [0.25, 0.3) is 5.92 Å². The lowest BCUT2D eigenvalue weighted by atomic mass is 9.85. The topological polar surface area (TPSA) is 86.8 Å². The van der Waals surface area contributed by atoms with Crippen LogP contribution in [0.1, 0.15) is 56.7 Å². The number of alkyl halides is 2. The van der Waals surface area contributed by atoms with Crippen molar-refractivity contribution in [2.24, 2.45) is 5.92 Å². The van der Waals surface area contributed by atoms with E-state index in [0.29, 0.717) is 68.2 Å². The molecule has 1 atom stereocenters. The maximum atomic E-state index is 14.9. The number of benzene rings is 1. The highest BCUT2D eigenvalue weighted by Crippen LogP contribution is 2.40. The molecule has 1 aromatic carbocycles. The van der Waals surface area contributed by atoms with Crippen LogP contribution >= 0.6 is 0 Å². The lowest BCUT2D eigenvalue weighted by Crippen LogP contribution is -2.48. The zero-order valence-electron chi connectivity index (χ0n) is 21.3. The van der Waals surface area contributed by atoms with Gasteiger partial charge in [-0.15, -0.1) is 10.2 Å². The van der Waals surface area contributed by atoms with Gasteiger partial charge in [0.05, 0.1) is 11.6 Å². The van der Waals surface area contributed by atoms with Crippen molar-refractivity contribution in [3.05, 3.63) is 47.8 Å². The number of piperazine rings is 1. The normalized spacial score (nSPS) is 19.7. The summed E-state index contributed by atoms with van der Waals surface area (Å²) in [5.41, 5.74) is 2.30. The van der Waals surface area contributed by atoms with Gasteiger partial charge >= 0.3 is 0 Å². The third-order valence-electron chi connectivity index (χ3n) is 7.42. The largest absolute Gasteiger partial charge is 0.337 e. The fourth-order valence-electron chi connectivity index (χ4n) is 5.16. The minimum atomic E-state index is -2.71. The maximum absolute atomic E-state index is 14.9. The van der Waals surface area contributed by atoms with Gasteiger partial charge in [-0.2, -0.15) is 5.26 Å². The van der Waals surface area contributed by atoms with Crippen molar-refractivity contribution in [3.63, 3.8) is 0 Å². The van der Waals surface area contributed by atoms with Gasteiger partial charge in [0.15, 0.2) is 5.82 Å². The highest BCUT2D eigenvalue weighted by atomic mass is 19.3. The monoisotopic (exact) mass is 506 g/mol. The zero-order valence-corrected chi connectivity index (χ0v) is 21.3. The molecule has 3 heterocycles. The smallest absolute Gasteiger partial charge is 0.252 e. The van der Waals surface area contributed by atoms with Crippen LogP contribution in [0.3, 0.4) is 0 Å². The highest BCUT2D eigenvalue weighted by molar-refractivity contribution is 5.59. The fourth-order valence-corrected chi connectivity index (χ4v) is 5.16. The molecule has 1 unspecified atom stereocenters. The summed E-state index contributed by atoms with van der Waals surface area (Å²) in [5, 5.41) is 18.1. The number of halogens is 2. The molecule has 8 nitrogen and oxygen atoms in total. The molecule has 1 saturated carbocycles. The summed E-state index contributed by atoms with van der Waals surface area (Å²) in [6.45, 7) is 7.07. The van der Waals surface area contributed by atoms with Crippen LogP contribution in [0.25, 0.3) is 11.4 Å². The second kappa shape index (κ2) is 10.4. The molecule has 0 bridgehead atoms. The SMILES string of the molecule is CC(C)c1ccnc(N2CCN(c3nnc(-c4ccc(C#N)cc4)n3CC3CCCCC3(F)F)CC2)n1. The van der Waals surface area contributed by atoms with Crippen LogP contribution < -0.4 is 9.80 Å². The molecule has 10 heteroatoms. The molecule has 0 N–H and O–H groups in total. The van der Waals surface area contributed by atoms with Crippen molar-refractivity contribution in [2.75, 3.05) is 36.0 Å². The summed E-state index contributed by atoms with van der Waals surface area (Å²) in [4.78, 5) is 13.5. The van der Waals surface area contributed by atoms with E-state index in [9.17, 15) is 8.78 Å². The Kier molecular flexibility index (Phi) is 7.04. The van der Waals surface area contributed by atoms with E-state index < -0.39 is 11.8 Å². The minimum absolute atomic E-state index is 0.0740. The average molecular weight is 507 g/mol. The van der Waals surface area contributed by atoms with Crippen LogP contribution in [0.15, 0.2) is 36.5 Å². The van der Waals surface area contributed by atoms with Gasteiger partial charge in [0, 0.05) is 62.5 Å². The van der Waals surface area contributed by atoms with Crippen molar-refractivity contribution in [3.8, 4) is 17.5 Å². The van der Waals surface area contributed by atoms with Crippen LogP contribution in [0, 0.1) is 17.2 Å². The van der Waals surface area contributed by atoms with Crippen molar-refractivity contribution < 1.29 is 8.78 Å². The number of hydrogen-bond acceptors (Lipinski definition) is 7. The Labute approximate surface area is 216 Å². The number of anilines is 2. The Morgan fingerprint density at radius 3 is 2.43 bits per heavy atom. The molecule has 2 aliphatic rings. The third kappa shape index (κ3) is 5.26. The Morgan fingerprint density at radius 2 is 1.76 bits per heavy atom. The molecule has 37 heavy (non-hydrogen) atoms. The van der Waals surface area contributed by atoms with E-state index in [0.717, 1.165) is 17.7 Å². The number of aromatic nitrogens is 5. The zero-order chi connectivity index (χ0) is 26.0. The van der Waals surface area contributed by atoms with Crippen LogP contribution in [-0.2, 0) is 6.54 Å². The molecule has 0 radical (unpaired) electrons. The van der Waals surface area contributed by atoms with Gasteiger partial charge in [-0.05, 0) is 49.1 Å². The number of nitriles is 1. The summed E-state index contributed by atoms with van der Waals surface area (Å²) < 4.78 is 31.6. The molecular formula is C27H32F2N8. The molecule has 1 aliphatic carbocycles. The number of rotatable bonds is 6. The van der Waals surface area contributed by atoms with Crippen molar-refractivity contribution in [2.45, 2.75) is 57.9 Å². The van der Waals surface area contributed by atoms with Crippen molar-refractivity contribution in [1.29, 1.82) is 5.26 Å². The Balaban J connectivity index is 1.41. The van der Waals surface area contributed by atoms with Gasteiger partial charge in [-0.25, -0.2) is 18.7 Å². The molecule has 194 valence electrons. The summed E-state index contributed by atoms with van der Waals surface area (Å²) >= 11 is 0. The van der Waals surface area contributed by atoms with Gasteiger partial charge in [0.2, 0.25) is 11.9 Å². The maximum Gasteiger partial charge on any atom is 0.252 e. The summed E-state index contributed by atoms with van der Waals surface area (Å²) in [6.07, 6.45) is 3.57. The number of nitrogens with zero attached hydrogens (tertiary/aromatic N) is 8. The van der Waals surface area contributed by atoms with Crippen LogP contribution in [0.2, 0.25) is 0 Å². The molecule has 1 aliphatic heterocycles. The molecule has 1 saturated heterocycles.